The normalized spacial score (nSPS) is 21.7. The van der Waals surface area contributed by atoms with Gasteiger partial charge in [0.05, 0.1) is 0 Å². The van der Waals surface area contributed by atoms with Gasteiger partial charge in [0, 0.05) is 13.2 Å². The summed E-state index contributed by atoms with van der Waals surface area (Å²) in [5.41, 5.74) is 2.61. The molecule has 0 aromatic carbocycles. The van der Waals surface area contributed by atoms with Gasteiger partial charge >= 0.3 is 0 Å². The lowest BCUT2D eigenvalue weighted by Crippen LogP contribution is -2.26. The second kappa shape index (κ2) is 1.52. The summed E-state index contributed by atoms with van der Waals surface area (Å²) in [5.74, 6) is 0. The van der Waals surface area contributed by atoms with Crippen LogP contribution in [0.2, 0.25) is 0 Å². The second-order valence-electron chi connectivity index (χ2n) is 1.42. The van der Waals surface area contributed by atoms with Crippen molar-refractivity contribution >= 4 is 0 Å². The summed E-state index contributed by atoms with van der Waals surface area (Å²) in [6.07, 6.45) is 3.51. The lowest BCUT2D eigenvalue weighted by atomic mass is 10.6. The Balaban J connectivity index is 2.42. The van der Waals surface area contributed by atoms with Crippen LogP contribution in [0.25, 0.3) is 0 Å². The minimum absolute atomic E-state index is 0.197. The van der Waals surface area contributed by atoms with Crippen molar-refractivity contribution in [2.75, 3.05) is 7.05 Å². The van der Waals surface area contributed by atoms with E-state index >= 15 is 0 Å². The lowest BCUT2D eigenvalue weighted by Gasteiger charge is -2.07. The van der Waals surface area contributed by atoms with E-state index < -0.39 is 0 Å². The first-order chi connectivity index (χ1) is 3.29. The van der Waals surface area contributed by atoms with Gasteiger partial charge in [0.1, 0.15) is 0 Å². The molecule has 1 rings (SSSR count). The van der Waals surface area contributed by atoms with E-state index in [1.165, 1.54) is 0 Å². The first-order valence-corrected chi connectivity index (χ1v) is 2.02. The molecule has 0 spiro atoms. The quantitative estimate of drug-likeness (QED) is 0.442. The summed E-state index contributed by atoms with van der Waals surface area (Å²) in [6, 6.07) is 0. The zero-order chi connectivity index (χ0) is 5.28. The average Bonchev–Trinajstić information content (AvgIpc) is 1.87. The predicted octanol–water partition coefficient (Wildman–Crippen LogP) is -0.188. The highest BCUT2D eigenvalue weighted by molar-refractivity contribution is 5.03. The van der Waals surface area contributed by atoms with Crippen molar-refractivity contribution in [3.63, 3.8) is 0 Å². The van der Waals surface area contributed by atoms with E-state index in [-0.39, 0.29) is 6.23 Å². The third-order valence-electron chi connectivity index (χ3n) is 0.747. The molecule has 2 N–H and O–H groups in total. The fourth-order valence-electron chi connectivity index (χ4n) is 0.438. The van der Waals surface area contributed by atoms with Gasteiger partial charge in [-0.05, 0) is 6.08 Å². The lowest BCUT2D eigenvalue weighted by molar-refractivity contribution is 0.226. The topological polar surface area (TPSA) is 35.5 Å². The Hall–Kier alpha value is -0.540. The van der Waals surface area contributed by atoms with Crippen LogP contribution in [0.1, 0.15) is 0 Å². The maximum atomic E-state index is 8.58. The number of hydrazine groups is 1. The van der Waals surface area contributed by atoms with Crippen LogP contribution in [0.5, 0.6) is 0 Å². The molecule has 0 atom stereocenters. The number of hydrogen-bond acceptors (Lipinski definition) is 3. The van der Waals surface area contributed by atoms with Crippen LogP contribution in [0, 0.1) is 6.23 Å². The summed E-state index contributed by atoms with van der Waals surface area (Å²) >= 11 is 0. The van der Waals surface area contributed by atoms with Crippen LogP contribution in [0.3, 0.4) is 0 Å². The van der Waals surface area contributed by atoms with E-state index in [1.807, 2.05) is 0 Å². The van der Waals surface area contributed by atoms with E-state index in [2.05, 4.69) is 5.43 Å². The molecule has 7 heavy (non-hydrogen) atoms. The summed E-state index contributed by atoms with van der Waals surface area (Å²) in [5, 5.41) is 10.2. The number of nitrogens with one attached hydrogen (secondary N) is 1. The van der Waals surface area contributed by atoms with Crippen molar-refractivity contribution in [1.29, 1.82) is 0 Å². The largest absolute Gasteiger partial charge is 0.367 e. The van der Waals surface area contributed by atoms with Gasteiger partial charge in [-0.15, -0.1) is 0 Å². The third-order valence-corrected chi connectivity index (χ3v) is 0.747. The van der Waals surface area contributed by atoms with Crippen LogP contribution in [-0.4, -0.2) is 17.2 Å². The summed E-state index contributed by atoms with van der Waals surface area (Å²) in [7, 11) is 1.81. The van der Waals surface area contributed by atoms with Crippen molar-refractivity contribution < 1.29 is 5.11 Å². The fourth-order valence-corrected chi connectivity index (χ4v) is 0.438. The molecule has 1 radical (unpaired) electrons. The SMILES string of the molecule is CN1C=C[C](O)N1. The Kier molecular flexibility index (Phi) is 1.00. The average molecular weight is 99.1 g/mol. The molecule has 0 fully saturated rings. The van der Waals surface area contributed by atoms with Crippen LogP contribution in [0.4, 0.5) is 0 Å². The van der Waals surface area contributed by atoms with E-state index in [0.717, 1.165) is 0 Å². The molecule has 0 saturated carbocycles. The first kappa shape index (κ1) is 4.61. The van der Waals surface area contributed by atoms with Crippen LogP contribution in [-0.2, 0) is 0 Å². The molecule has 1 aliphatic rings. The summed E-state index contributed by atoms with van der Waals surface area (Å²) in [4.78, 5) is 0. The Bertz CT molecular complexity index is 81.7. The molecule has 0 amide bonds. The van der Waals surface area contributed by atoms with Gasteiger partial charge in [-0.25, -0.2) is 0 Å². The van der Waals surface area contributed by atoms with Crippen molar-refractivity contribution in [1.82, 2.24) is 10.4 Å². The number of aliphatic hydroxyl groups excluding tert-OH is 1. The highest BCUT2D eigenvalue weighted by atomic mass is 16.3. The van der Waals surface area contributed by atoms with Gasteiger partial charge in [-0.3, -0.25) is 0 Å². The molecular formula is C4H7N2O. The van der Waals surface area contributed by atoms with Gasteiger partial charge in [-0.2, -0.15) is 5.43 Å². The smallest absolute Gasteiger partial charge is 0.202 e. The summed E-state index contributed by atoms with van der Waals surface area (Å²) in [6.45, 7) is 0. The maximum absolute atomic E-state index is 8.58. The monoisotopic (exact) mass is 99.1 g/mol. The number of aliphatic hydroxyl groups is 1. The molecule has 1 aliphatic heterocycles. The maximum Gasteiger partial charge on any atom is 0.202 e. The highest BCUT2D eigenvalue weighted by Crippen LogP contribution is 1.99. The third kappa shape index (κ3) is 0.913. The molecule has 0 aliphatic carbocycles. The zero-order valence-electron chi connectivity index (χ0n) is 4.05. The van der Waals surface area contributed by atoms with Gasteiger partial charge in [0.25, 0.3) is 0 Å². The van der Waals surface area contributed by atoms with Gasteiger partial charge < -0.3 is 10.1 Å². The first-order valence-electron chi connectivity index (χ1n) is 2.02. The highest BCUT2D eigenvalue weighted by Gasteiger charge is 2.06. The number of nitrogens with zero attached hydrogens (tertiary/aromatic N) is 1. The standard InChI is InChI=1S/C4H7N2O/c1-6-3-2-4(7)5-6/h2-3,5,7H,1H3. The van der Waals surface area contributed by atoms with Crippen molar-refractivity contribution in [2.45, 2.75) is 0 Å². The van der Waals surface area contributed by atoms with E-state index in [0.29, 0.717) is 0 Å². The van der Waals surface area contributed by atoms with E-state index in [1.54, 1.807) is 24.3 Å². The van der Waals surface area contributed by atoms with E-state index in [9.17, 15) is 0 Å². The fraction of sp³-hybridized carbons (Fsp3) is 0.250. The number of hydrogen-bond donors (Lipinski definition) is 2. The van der Waals surface area contributed by atoms with Crippen molar-refractivity contribution in [3.05, 3.63) is 18.5 Å². The van der Waals surface area contributed by atoms with Crippen LogP contribution in [0.15, 0.2) is 12.3 Å². The Morgan fingerprint density at radius 3 is 2.71 bits per heavy atom. The Labute approximate surface area is 42.2 Å². The zero-order valence-corrected chi connectivity index (χ0v) is 4.05. The predicted molar refractivity (Wildman–Crippen MR) is 25.2 cm³/mol. The van der Waals surface area contributed by atoms with Gasteiger partial charge in [0.15, 0.2) is 0 Å². The summed E-state index contributed by atoms with van der Waals surface area (Å²) < 4.78 is 0. The van der Waals surface area contributed by atoms with Crippen molar-refractivity contribution in [2.24, 2.45) is 0 Å². The molecule has 39 valence electrons. The van der Waals surface area contributed by atoms with Crippen LogP contribution >= 0.6 is 0 Å². The molecule has 0 aromatic heterocycles. The second-order valence-corrected chi connectivity index (χ2v) is 1.42. The molecule has 0 saturated heterocycles. The molecule has 3 heteroatoms. The van der Waals surface area contributed by atoms with Crippen molar-refractivity contribution in [3.8, 4) is 0 Å². The Morgan fingerprint density at radius 2 is 2.57 bits per heavy atom. The minimum atomic E-state index is 0.197. The van der Waals surface area contributed by atoms with Gasteiger partial charge in [0.2, 0.25) is 6.23 Å². The number of rotatable bonds is 0. The minimum Gasteiger partial charge on any atom is -0.367 e. The molecule has 0 aromatic rings. The molecule has 3 nitrogen and oxygen atoms in total. The molecule has 0 unspecified atom stereocenters. The Morgan fingerprint density at radius 1 is 1.86 bits per heavy atom. The van der Waals surface area contributed by atoms with Crippen LogP contribution < -0.4 is 5.43 Å². The molecule has 1 heterocycles. The molecular weight excluding hydrogens is 92.1 g/mol. The van der Waals surface area contributed by atoms with Gasteiger partial charge in [-0.1, -0.05) is 0 Å². The molecule has 0 bridgehead atoms. The van der Waals surface area contributed by atoms with E-state index in [4.69, 9.17) is 5.11 Å².